The monoisotopic (exact) mass is 428 g/mol. The number of carbonyl (C=O) groups is 2. The molecule has 1 unspecified atom stereocenters. The Kier molecular flexibility index (Phi) is 6.11. The van der Waals surface area contributed by atoms with Crippen LogP contribution in [0.1, 0.15) is 31.9 Å². The van der Waals surface area contributed by atoms with Gasteiger partial charge in [-0.25, -0.2) is 4.79 Å². The van der Waals surface area contributed by atoms with Gasteiger partial charge in [-0.2, -0.15) is 0 Å². The van der Waals surface area contributed by atoms with Crippen LogP contribution in [0.5, 0.6) is 0 Å². The summed E-state index contributed by atoms with van der Waals surface area (Å²) in [6.45, 7) is 3.50. The highest BCUT2D eigenvalue weighted by atomic mass is 79.9. The van der Waals surface area contributed by atoms with Crippen molar-refractivity contribution in [2.45, 2.75) is 26.4 Å². The van der Waals surface area contributed by atoms with Crippen LogP contribution in [-0.4, -0.2) is 23.9 Å². The minimum absolute atomic E-state index is 0.297. The van der Waals surface area contributed by atoms with E-state index in [1.54, 1.807) is 6.92 Å². The Morgan fingerprint density at radius 2 is 1.96 bits per heavy atom. The van der Waals surface area contributed by atoms with Gasteiger partial charge < -0.3 is 9.47 Å². The van der Waals surface area contributed by atoms with Gasteiger partial charge in [-0.15, -0.1) is 0 Å². The van der Waals surface area contributed by atoms with Crippen LogP contribution in [0.4, 0.5) is 0 Å². The van der Waals surface area contributed by atoms with Crippen molar-refractivity contribution in [2.75, 3.05) is 11.9 Å². The second-order valence-corrected chi connectivity index (χ2v) is 6.94. The molecule has 2 aromatic rings. The van der Waals surface area contributed by atoms with Crippen molar-refractivity contribution in [3.05, 3.63) is 70.8 Å². The number of hydrogen-bond acceptors (Lipinski definition) is 4. The molecule has 3 rings (SSSR count). The molecule has 0 aliphatic carbocycles. The van der Waals surface area contributed by atoms with Crippen LogP contribution in [0.25, 0.3) is 10.8 Å². The summed E-state index contributed by atoms with van der Waals surface area (Å²) in [6.07, 6.45) is 2.13. The zero-order valence-electron chi connectivity index (χ0n) is 15.3. The molecule has 1 heterocycles. The summed E-state index contributed by atoms with van der Waals surface area (Å²) < 4.78 is 10.8. The highest BCUT2D eigenvalue weighted by Gasteiger charge is 2.35. The predicted molar refractivity (Wildman–Crippen MR) is 109 cm³/mol. The summed E-state index contributed by atoms with van der Waals surface area (Å²) in [7, 11) is 0. The molecule has 4 nitrogen and oxygen atoms in total. The Hall–Kier alpha value is -2.40. The quantitative estimate of drug-likeness (QED) is 0.367. The molecule has 1 aliphatic rings. The average Bonchev–Trinajstić information content (AvgIpc) is 2.96. The Bertz CT molecular complexity index is 937. The molecule has 5 heteroatoms. The minimum atomic E-state index is -0.443. The molecule has 0 aromatic heterocycles. The molecule has 0 radical (unpaired) electrons. The standard InChI is InChI=1S/C22H21BrO4/c1-14-20(17(13-23)9-6-12-26-15(2)24)21(27-22(14)25)19-11-5-8-16-7-3-4-10-18(16)19/h3-5,7-11,21H,6,12-13H2,1-2H3/b17-9+. The molecule has 0 saturated carbocycles. The van der Waals surface area contributed by atoms with Crippen molar-refractivity contribution in [1.29, 1.82) is 0 Å². The third-order valence-corrected chi connectivity index (χ3v) is 5.21. The largest absolute Gasteiger partial charge is 0.466 e. The Morgan fingerprint density at radius 1 is 1.22 bits per heavy atom. The maximum Gasteiger partial charge on any atom is 0.335 e. The molecule has 1 aliphatic heterocycles. The summed E-state index contributed by atoms with van der Waals surface area (Å²) in [6, 6.07) is 14.1. The Balaban J connectivity index is 1.99. The highest BCUT2D eigenvalue weighted by Crippen LogP contribution is 2.42. The van der Waals surface area contributed by atoms with E-state index in [0.29, 0.717) is 23.9 Å². The number of rotatable bonds is 6. The van der Waals surface area contributed by atoms with E-state index in [2.05, 4.69) is 15.9 Å². The first kappa shape index (κ1) is 19.4. The van der Waals surface area contributed by atoms with Gasteiger partial charge in [0.25, 0.3) is 0 Å². The number of esters is 2. The van der Waals surface area contributed by atoms with E-state index >= 15 is 0 Å². The summed E-state index contributed by atoms with van der Waals surface area (Å²) in [5, 5.41) is 2.76. The number of benzene rings is 2. The maximum atomic E-state index is 12.4. The first-order valence-corrected chi connectivity index (χ1v) is 9.93. The van der Waals surface area contributed by atoms with Gasteiger partial charge >= 0.3 is 11.9 Å². The fourth-order valence-electron chi connectivity index (χ4n) is 3.34. The van der Waals surface area contributed by atoms with Crippen LogP contribution in [0.2, 0.25) is 0 Å². The van der Waals surface area contributed by atoms with Crippen molar-refractivity contribution in [3.8, 4) is 0 Å². The third kappa shape index (κ3) is 4.14. The highest BCUT2D eigenvalue weighted by molar-refractivity contribution is 9.09. The lowest BCUT2D eigenvalue weighted by Crippen LogP contribution is -2.07. The van der Waals surface area contributed by atoms with Gasteiger partial charge in [0.05, 0.1) is 6.61 Å². The van der Waals surface area contributed by atoms with E-state index in [0.717, 1.165) is 27.5 Å². The van der Waals surface area contributed by atoms with Crippen LogP contribution < -0.4 is 0 Å². The zero-order chi connectivity index (χ0) is 19.4. The number of halogens is 1. The summed E-state index contributed by atoms with van der Waals surface area (Å²) in [5.74, 6) is -0.595. The van der Waals surface area contributed by atoms with Crippen LogP contribution >= 0.6 is 15.9 Å². The predicted octanol–water partition coefficient (Wildman–Crippen LogP) is 5.03. The van der Waals surface area contributed by atoms with Crippen molar-refractivity contribution in [1.82, 2.24) is 0 Å². The van der Waals surface area contributed by atoms with Crippen LogP contribution in [0.3, 0.4) is 0 Å². The van der Waals surface area contributed by atoms with E-state index < -0.39 is 6.10 Å². The number of hydrogen-bond donors (Lipinski definition) is 0. The van der Waals surface area contributed by atoms with Gasteiger partial charge in [-0.3, -0.25) is 4.79 Å². The molecular weight excluding hydrogens is 408 g/mol. The number of ether oxygens (including phenoxy) is 2. The molecule has 0 bridgehead atoms. The average molecular weight is 429 g/mol. The van der Waals surface area contributed by atoms with E-state index in [9.17, 15) is 9.59 Å². The molecule has 0 saturated heterocycles. The molecule has 2 aromatic carbocycles. The number of alkyl halides is 1. The second kappa shape index (κ2) is 8.53. The van der Waals surface area contributed by atoms with Crippen LogP contribution in [0.15, 0.2) is 65.3 Å². The van der Waals surface area contributed by atoms with Gasteiger partial charge in [-0.05, 0) is 23.3 Å². The van der Waals surface area contributed by atoms with Crippen LogP contribution in [0, 0.1) is 0 Å². The van der Waals surface area contributed by atoms with Crippen molar-refractivity contribution in [2.24, 2.45) is 0 Å². The number of cyclic esters (lactones) is 1. The van der Waals surface area contributed by atoms with Crippen molar-refractivity contribution in [3.63, 3.8) is 0 Å². The Labute approximate surface area is 167 Å². The maximum absolute atomic E-state index is 12.4. The first-order chi connectivity index (χ1) is 13.0. The third-order valence-electron chi connectivity index (χ3n) is 4.61. The SMILES string of the molecule is CC(=O)OCC/C=C(\CBr)C1=C(C)C(=O)OC1c1cccc2ccccc12. The van der Waals surface area contributed by atoms with Gasteiger partial charge in [0, 0.05) is 35.4 Å². The lowest BCUT2D eigenvalue weighted by Gasteiger charge is -2.18. The summed E-state index contributed by atoms with van der Waals surface area (Å²) in [5.41, 5.74) is 3.45. The lowest BCUT2D eigenvalue weighted by molar-refractivity contribution is -0.141. The fourth-order valence-corrected chi connectivity index (χ4v) is 3.87. The summed E-state index contributed by atoms with van der Waals surface area (Å²) >= 11 is 3.53. The fraction of sp³-hybridized carbons (Fsp3) is 0.273. The number of carbonyl (C=O) groups excluding carboxylic acids is 2. The Morgan fingerprint density at radius 3 is 2.70 bits per heavy atom. The van der Waals surface area contributed by atoms with Gasteiger partial charge in [0.2, 0.25) is 0 Å². The van der Waals surface area contributed by atoms with Crippen molar-refractivity contribution < 1.29 is 19.1 Å². The second-order valence-electron chi connectivity index (χ2n) is 6.38. The molecule has 1 atom stereocenters. The first-order valence-electron chi connectivity index (χ1n) is 8.81. The van der Waals surface area contributed by atoms with E-state index in [1.165, 1.54) is 6.92 Å². The normalized spacial score (nSPS) is 17.4. The zero-order valence-corrected chi connectivity index (χ0v) is 16.9. The minimum Gasteiger partial charge on any atom is -0.466 e. The molecule has 0 amide bonds. The van der Waals surface area contributed by atoms with E-state index in [-0.39, 0.29) is 11.9 Å². The molecule has 0 fully saturated rings. The topological polar surface area (TPSA) is 52.6 Å². The van der Waals surface area contributed by atoms with Gasteiger partial charge in [-0.1, -0.05) is 64.5 Å². The summed E-state index contributed by atoms with van der Waals surface area (Å²) in [4.78, 5) is 23.3. The number of fused-ring (bicyclic) bond motifs is 1. The molecular formula is C22H21BrO4. The van der Waals surface area contributed by atoms with Gasteiger partial charge in [0.15, 0.2) is 6.10 Å². The molecule has 0 N–H and O–H groups in total. The molecule has 140 valence electrons. The van der Waals surface area contributed by atoms with Gasteiger partial charge in [0.1, 0.15) is 0 Å². The molecule has 0 spiro atoms. The van der Waals surface area contributed by atoms with E-state index in [1.807, 2.05) is 48.5 Å². The van der Waals surface area contributed by atoms with Crippen LogP contribution in [-0.2, 0) is 19.1 Å². The lowest BCUT2D eigenvalue weighted by atomic mass is 9.90. The van der Waals surface area contributed by atoms with Crippen molar-refractivity contribution >= 4 is 38.6 Å². The smallest absolute Gasteiger partial charge is 0.335 e. The van der Waals surface area contributed by atoms with E-state index in [4.69, 9.17) is 9.47 Å². The molecule has 27 heavy (non-hydrogen) atoms.